The van der Waals surface area contributed by atoms with Crippen LogP contribution in [0.4, 0.5) is 0 Å². The standard InChI is InChI=1S/C12H11ClO3S/c13-12(17(14,15)16)8-6-11(7-9-12)10-4-2-1-3-5-10/h1-8H,9H2,(H,14,15,16). The molecular formula is C12H11ClO3S. The van der Waals surface area contributed by atoms with Crippen LogP contribution in [0.3, 0.4) is 0 Å². The van der Waals surface area contributed by atoms with Crippen LogP contribution in [0.15, 0.2) is 48.6 Å². The van der Waals surface area contributed by atoms with Crippen LogP contribution in [0.25, 0.3) is 5.57 Å². The fourth-order valence-electron chi connectivity index (χ4n) is 1.64. The van der Waals surface area contributed by atoms with E-state index in [0.29, 0.717) is 0 Å². The number of hydrogen-bond donors (Lipinski definition) is 1. The SMILES string of the molecule is O=S(=O)(O)C1(Cl)C=CC(c2ccccc2)=CC1. The summed E-state index contributed by atoms with van der Waals surface area (Å²) in [5.41, 5.74) is 1.88. The average molecular weight is 271 g/mol. The van der Waals surface area contributed by atoms with E-state index in [9.17, 15) is 8.42 Å². The molecular weight excluding hydrogens is 260 g/mol. The lowest BCUT2D eigenvalue weighted by Crippen LogP contribution is -2.30. The summed E-state index contributed by atoms with van der Waals surface area (Å²) in [5, 5.41) is 0. The molecule has 0 heterocycles. The van der Waals surface area contributed by atoms with Gasteiger partial charge < -0.3 is 0 Å². The van der Waals surface area contributed by atoms with Gasteiger partial charge in [0.2, 0.25) is 0 Å². The molecule has 1 aliphatic carbocycles. The maximum Gasteiger partial charge on any atom is 0.288 e. The molecule has 0 aliphatic heterocycles. The Morgan fingerprint density at radius 2 is 1.88 bits per heavy atom. The van der Waals surface area contributed by atoms with Gasteiger partial charge in [0, 0.05) is 6.42 Å². The van der Waals surface area contributed by atoms with Gasteiger partial charge in [-0.15, -0.1) is 0 Å². The van der Waals surface area contributed by atoms with Crippen LogP contribution < -0.4 is 0 Å². The Labute approximate surface area is 105 Å². The highest BCUT2D eigenvalue weighted by Crippen LogP contribution is 2.35. The molecule has 1 aromatic carbocycles. The zero-order chi connectivity index (χ0) is 12.5. The molecule has 0 aromatic heterocycles. The monoisotopic (exact) mass is 270 g/mol. The van der Waals surface area contributed by atoms with Gasteiger partial charge in [-0.3, -0.25) is 4.55 Å². The summed E-state index contributed by atoms with van der Waals surface area (Å²) in [6, 6.07) is 9.54. The van der Waals surface area contributed by atoms with Crippen molar-refractivity contribution in [1.29, 1.82) is 0 Å². The van der Waals surface area contributed by atoms with Gasteiger partial charge >= 0.3 is 0 Å². The molecule has 17 heavy (non-hydrogen) atoms. The zero-order valence-corrected chi connectivity index (χ0v) is 10.4. The molecule has 0 spiro atoms. The predicted octanol–water partition coefficient (Wildman–Crippen LogP) is 2.85. The van der Waals surface area contributed by atoms with Crippen molar-refractivity contribution in [2.45, 2.75) is 10.6 Å². The normalized spacial score (nSPS) is 24.5. The molecule has 0 fully saturated rings. The number of halogens is 1. The van der Waals surface area contributed by atoms with Crippen molar-refractivity contribution in [3.05, 3.63) is 54.1 Å². The third kappa shape index (κ3) is 2.44. The van der Waals surface area contributed by atoms with E-state index in [1.165, 1.54) is 6.08 Å². The summed E-state index contributed by atoms with van der Waals surface area (Å²) >= 11 is 5.83. The fourth-order valence-corrected chi connectivity index (χ4v) is 2.31. The van der Waals surface area contributed by atoms with E-state index in [4.69, 9.17) is 16.2 Å². The molecule has 2 rings (SSSR count). The molecule has 0 amide bonds. The van der Waals surface area contributed by atoms with Gasteiger partial charge in [-0.1, -0.05) is 54.1 Å². The minimum absolute atomic E-state index is 0.0497. The molecule has 0 saturated heterocycles. The van der Waals surface area contributed by atoms with Gasteiger partial charge in [-0.25, -0.2) is 0 Å². The van der Waals surface area contributed by atoms with Crippen LogP contribution >= 0.6 is 11.6 Å². The Hall–Kier alpha value is -1.10. The summed E-state index contributed by atoms with van der Waals surface area (Å²) in [5.74, 6) is 0. The number of rotatable bonds is 2. The first-order valence-corrected chi connectivity index (χ1v) is 6.85. The molecule has 1 atom stereocenters. The summed E-state index contributed by atoms with van der Waals surface area (Å²) in [7, 11) is -4.30. The highest BCUT2D eigenvalue weighted by Gasteiger charge is 2.38. The Morgan fingerprint density at radius 3 is 2.35 bits per heavy atom. The third-order valence-electron chi connectivity index (χ3n) is 2.65. The van der Waals surface area contributed by atoms with Crippen LogP contribution in [-0.2, 0) is 10.1 Å². The van der Waals surface area contributed by atoms with E-state index in [-0.39, 0.29) is 6.42 Å². The largest absolute Gasteiger partial charge is 0.288 e. The Morgan fingerprint density at radius 1 is 1.24 bits per heavy atom. The summed E-state index contributed by atoms with van der Waals surface area (Å²) in [6.45, 7) is 0. The fraction of sp³-hybridized carbons (Fsp3) is 0.167. The maximum absolute atomic E-state index is 11.1. The van der Waals surface area contributed by atoms with Gasteiger partial charge in [0.1, 0.15) is 0 Å². The van der Waals surface area contributed by atoms with E-state index < -0.39 is 14.3 Å². The lowest BCUT2D eigenvalue weighted by molar-refractivity contribution is 0.468. The molecule has 0 radical (unpaired) electrons. The molecule has 1 aliphatic rings. The number of allylic oxidation sites excluding steroid dienone is 3. The summed E-state index contributed by atoms with van der Waals surface area (Å²) < 4.78 is 29.5. The number of alkyl halides is 1. The third-order valence-corrected chi connectivity index (χ3v) is 4.67. The molecule has 0 saturated carbocycles. The average Bonchev–Trinajstić information content (AvgIpc) is 2.30. The molecule has 1 unspecified atom stereocenters. The molecule has 3 nitrogen and oxygen atoms in total. The topological polar surface area (TPSA) is 54.4 Å². The van der Waals surface area contributed by atoms with Crippen LogP contribution in [0.1, 0.15) is 12.0 Å². The van der Waals surface area contributed by atoms with Gasteiger partial charge in [0.15, 0.2) is 4.21 Å². The quantitative estimate of drug-likeness (QED) is 0.664. The summed E-state index contributed by atoms with van der Waals surface area (Å²) in [6.07, 6.45) is 4.68. The molecule has 5 heteroatoms. The van der Waals surface area contributed by atoms with Crippen molar-refractivity contribution in [3.63, 3.8) is 0 Å². The Kier molecular flexibility index (Phi) is 3.12. The zero-order valence-electron chi connectivity index (χ0n) is 8.88. The first-order chi connectivity index (χ1) is 7.92. The van der Waals surface area contributed by atoms with Gasteiger partial charge in [0.05, 0.1) is 0 Å². The number of benzene rings is 1. The van der Waals surface area contributed by atoms with Crippen molar-refractivity contribution < 1.29 is 13.0 Å². The van der Waals surface area contributed by atoms with E-state index in [2.05, 4.69) is 0 Å². The van der Waals surface area contributed by atoms with Gasteiger partial charge in [-0.05, 0) is 17.2 Å². The van der Waals surface area contributed by atoms with Crippen molar-refractivity contribution in [1.82, 2.24) is 0 Å². The van der Waals surface area contributed by atoms with Gasteiger partial charge in [0.25, 0.3) is 10.1 Å². The molecule has 90 valence electrons. The first-order valence-electron chi connectivity index (χ1n) is 5.03. The van der Waals surface area contributed by atoms with Crippen LogP contribution in [0.2, 0.25) is 0 Å². The van der Waals surface area contributed by atoms with E-state index in [1.807, 2.05) is 30.3 Å². The number of hydrogen-bond acceptors (Lipinski definition) is 2. The molecule has 1 aromatic rings. The van der Waals surface area contributed by atoms with Crippen LogP contribution in [0, 0.1) is 0 Å². The smallest absolute Gasteiger partial charge is 0.284 e. The van der Waals surface area contributed by atoms with Crippen molar-refractivity contribution in [2.24, 2.45) is 0 Å². The van der Waals surface area contributed by atoms with E-state index in [1.54, 1.807) is 12.2 Å². The molecule has 0 bridgehead atoms. The van der Waals surface area contributed by atoms with Crippen molar-refractivity contribution >= 4 is 27.3 Å². The van der Waals surface area contributed by atoms with Crippen LogP contribution in [0.5, 0.6) is 0 Å². The van der Waals surface area contributed by atoms with Crippen molar-refractivity contribution in [3.8, 4) is 0 Å². The maximum atomic E-state index is 11.1. The molecule has 1 N–H and O–H groups in total. The Balaban J connectivity index is 2.29. The second-order valence-electron chi connectivity index (χ2n) is 3.82. The Bertz CT molecular complexity index is 575. The minimum atomic E-state index is -4.30. The first kappa shape index (κ1) is 12.4. The van der Waals surface area contributed by atoms with Crippen LogP contribution in [-0.4, -0.2) is 17.2 Å². The van der Waals surface area contributed by atoms with Crippen molar-refractivity contribution in [2.75, 3.05) is 0 Å². The highest BCUT2D eigenvalue weighted by atomic mass is 35.5. The second kappa shape index (κ2) is 4.29. The lowest BCUT2D eigenvalue weighted by atomic mass is 9.99. The predicted molar refractivity (Wildman–Crippen MR) is 68.3 cm³/mol. The minimum Gasteiger partial charge on any atom is -0.284 e. The highest BCUT2D eigenvalue weighted by molar-refractivity contribution is 7.88. The van der Waals surface area contributed by atoms with E-state index >= 15 is 0 Å². The lowest BCUT2D eigenvalue weighted by Gasteiger charge is -2.22. The van der Waals surface area contributed by atoms with E-state index in [0.717, 1.165) is 11.1 Å². The van der Waals surface area contributed by atoms with Gasteiger partial charge in [-0.2, -0.15) is 8.42 Å². The summed E-state index contributed by atoms with van der Waals surface area (Å²) in [4.78, 5) is 0. The second-order valence-corrected chi connectivity index (χ2v) is 6.40.